The van der Waals surface area contributed by atoms with E-state index in [0.29, 0.717) is 24.2 Å². The SMILES string of the molecule is CC.CC(C)c1ccc(F)c(OCC2CCN(C)CC2)c1. The molecule has 0 saturated carbocycles. The molecule has 1 saturated heterocycles. The molecule has 120 valence electrons. The van der Waals surface area contributed by atoms with Gasteiger partial charge in [-0.05, 0) is 62.5 Å². The molecule has 1 heterocycles. The zero-order chi connectivity index (χ0) is 15.8. The van der Waals surface area contributed by atoms with Gasteiger partial charge in [0.1, 0.15) is 0 Å². The molecule has 21 heavy (non-hydrogen) atoms. The van der Waals surface area contributed by atoms with Gasteiger partial charge in [0, 0.05) is 0 Å². The minimum Gasteiger partial charge on any atom is -0.490 e. The van der Waals surface area contributed by atoms with Gasteiger partial charge in [0.2, 0.25) is 0 Å². The van der Waals surface area contributed by atoms with Crippen molar-refractivity contribution in [1.29, 1.82) is 0 Å². The van der Waals surface area contributed by atoms with Crippen LogP contribution in [0.25, 0.3) is 0 Å². The largest absolute Gasteiger partial charge is 0.490 e. The number of nitrogens with zero attached hydrogens (tertiary/aromatic N) is 1. The van der Waals surface area contributed by atoms with Crippen LogP contribution in [0.1, 0.15) is 52.0 Å². The maximum absolute atomic E-state index is 13.7. The molecular formula is C18H30FNO. The number of rotatable bonds is 4. The summed E-state index contributed by atoms with van der Waals surface area (Å²) in [6.45, 7) is 11.1. The molecule has 0 N–H and O–H groups in total. The standard InChI is InChI=1S/C16H24FNO.C2H6/c1-12(2)14-4-5-15(17)16(10-14)19-11-13-6-8-18(3)9-7-13;1-2/h4-5,10,12-13H,6-9,11H2,1-3H3;1-2H3. The lowest BCUT2D eigenvalue weighted by molar-refractivity contribution is 0.157. The molecule has 0 aliphatic carbocycles. The van der Waals surface area contributed by atoms with Crippen molar-refractivity contribution in [1.82, 2.24) is 4.90 Å². The summed E-state index contributed by atoms with van der Waals surface area (Å²) in [6, 6.07) is 5.19. The third-order valence-corrected chi connectivity index (χ3v) is 3.93. The Morgan fingerprint density at radius 3 is 2.43 bits per heavy atom. The van der Waals surface area contributed by atoms with Crippen LogP contribution in [0.4, 0.5) is 4.39 Å². The van der Waals surface area contributed by atoms with E-state index in [1.165, 1.54) is 6.07 Å². The van der Waals surface area contributed by atoms with E-state index in [-0.39, 0.29) is 5.82 Å². The first-order chi connectivity index (χ1) is 10.1. The van der Waals surface area contributed by atoms with Crippen molar-refractivity contribution < 1.29 is 9.13 Å². The van der Waals surface area contributed by atoms with Gasteiger partial charge in [-0.25, -0.2) is 4.39 Å². The van der Waals surface area contributed by atoms with Gasteiger partial charge in [-0.1, -0.05) is 33.8 Å². The second kappa shape index (κ2) is 9.04. The Kier molecular flexibility index (Phi) is 7.73. The highest BCUT2D eigenvalue weighted by atomic mass is 19.1. The molecule has 0 aromatic heterocycles. The van der Waals surface area contributed by atoms with E-state index in [9.17, 15) is 4.39 Å². The Morgan fingerprint density at radius 2 is 1.86 bits per heavy atom. The number of hydrogen-bond donors (Lipinski definition) is 0. The smallest absolute Gasteiger partial charge is 0.165 e. The molecule has 0 amide bonds. The number of halogens is 1. The van der Waals surface area contributed by atoms with Gasteiger partial charge in [-0.2, -0.15) is 0 Å². The number of piperidine rings is 1. The van der Waals surface area contributed by atoms with Crippen LogP contribution in [0, 0.1) is 11.7 Å². The van der Waals surface area contributed by atoms with Crippen LogP contribution in [0.2, 0.25) is 0 Å². The summed E-state index contributed by atoms with van der Waals surface area (Å²) < 4.78 is 19.4. The second-order valence-electron chi connectivity index (χ2n) is 5.90. The molecule has 1 aliphatic heterocycles. The molecule has 1 aromatic carbocycles. The van der Waals surface area contributed by atoms with Crippen molar-refractivity contribution in [2.24, 2.45) is 5.92 Å². The van der Waals surface area contributed by atoms with Crippen LogP contribution in [-0.4, -0.2) is 31.6 Å². The summed E-state index contributed by atoms with van der Waals surface area (Å²) in [6.07, 6.45) is 2.28. The fraction of sp³-hybridized carbons (Fsp3) is 0.667. The first-order valence-electron chi connectivity index (χ1n) is 8.17. The van der Waals surface area contributed by atoms with E-state index in [2.05, 4.69) is 25.8 Å². The molecule has 0 unspecified atom stereocenters. The first kappa shape index (κ1) is 18.0. The fourth-order valence-corrected chi connectivity index (χ4v) is 2.43. The zero-order valence-corrected chi connectivity index (χ0v) is 14.2. The summed E-state index contributed by atoms with van der Waals surface area (Å²) in [5.74, 6) is 1.10. The first-order valence-corrected chi connectivity index (χ1v) is 8.17. The fourth-order valence-electron chi connectivity index (χ4n) is 2.43. The highest BCUT2D eigenvalue weighted by Gasteiger charge is 2.18. The molecule has 1 aliphatic rings. The number of ether oxygens (including phenoxy) is 1. The van der Waals surface area contributed by atoms with Gasteiger partial charge in [-0.15, -0.1) is 0 Å². The van der Waals surface area contributed by atoms with Crippen LogP contribution >= 0.6 is 0 Å². The van der Waals surface area contributed by atoms with Crippen molar-refractivity contribution in [3.63, 3.8) is 0 Å². The van der Waals surface area contributed by atoms with E-state index >= 15 is 0 Å². The normalized spacial score (nSPS) is 16.5. The average Bonchev–Trinajstić information content (AvgIpc) is 2.50. The van der Waals surface area contributed by atoms with Gasteiger partial charge in [0.15, 0.2) is 11.6 Å². The summed E-state index contributed by atoms with van der Waals surface area (Å²) >= 11 is 0. The van der Waals surface area contributed by atoms with E-state index in [0.717, 1.165) is 31.5 Å². The third-order valence-electron chi connectivity index (χ3n) is 3.93. The number of benzene rings is 1. The molecule has 0 spiro atoms. The average molecular weight is 295 g/mol. The van der Waals surface area contributed by atoms with Gasteiger partial charge >= 0.3 is 0 Å². The zero-order valence-electron chi connectivity index (χ0n) is 14.2. The van der Waals surface area contributed by atoms with Gasteiger partial charge in [0.25, 0.3) is 0 Å². The number of hydrogen-bond acceptors (Lipinski definition) is 2. The summed E-state index contributed by atoms with van der Waals surface area (Å²) in [4.78, 5) is 2.33. The van der Waals surface area contributed by atoms with Crippen LogP contribution in [-0.2, 0) is 0 Å². The van der Waals surface area contributed by atoms with Gasteiger partial charge in [0.05, 0.1) is 6.61 Å². The van der Waals surface area contributed by atoms with Crippen LogP contribution in [0.5, 0.6) is 5.75 Å². The Morgan fingerprint density at radius 1 is 1.24 bits per heavy atom. The van der Waals surface area contributed by atoms with Crippen LogP contribution in [0.3, 0.4) is 0 Å². The molecule has 1 aromatic rings. The van der Waals surface area contributed by atoms with Crippen molar-refractivity contribution in [3.8, 4) is 5.75 Å². The van der Waals surface area contributed by atoms with Crippen LogP contribution < -0.4 is 4.74 Å². The van der Waals surface area contributed by atoms with E-state index in [1.807, 2.05) is 26.0 Å². The molecule has 1 fully saturated rings. The Balaban J connectivity index is 0.00000106. The molecule has 3 heteroatoms. The van der Waals surface area contributed by atoms with E-state index in [1.54, 1.807) is 0 Å². The highest BCUT2D eigenvalue weighted by Crippen LogP contribution is 2.25. The summed E-state index contributed by atoms with van der Waals surface area (Å²) in [5.41, 5.74) is 1.12. The lowest BCUT2D eigenvalue weighted by Gasteiger charge is -2.28. The Hall–Kier alpha value is -1.09. The maximum Gasteiger partial charge on any atom is 0.165 e. The summed E-state index contributed by atoms with van der Waals surface area (Å²) in [5, 5.41) is 0. The predicted octanol–water partition coefficient (Wildman–Crippen LogP) is 4.70. The monoisotopic (exact) mass is 295 g/mol. The second-order valence-corrected chi connectivity index (χ2v) is 5.90. The van der Waals surface area contributed by atoms with Gasteiger partial charge < -0.3 is 9.64 Å². The third kappa shape index (κ3) is 5.66. The van der Waals surface area contributed by atoms with Crippen molar-refractivity contribution in [2.45, 2.75) is 46.5 Å². The van der Waals surface area contributed by atoms with Crippen molar-refractivity contribution in [2.75, 3.05) is 26.7 Å². The minimum atomic E-state index is -0.252. The van der Waals surface area contributed by atoms with Crippen LogP contribution in [0.15, 0.2) is 18.2 Å². The van der Waals surface area contributed by atoms with E-state index < -0.39 is 0 Å². The van der Waals surface area contributed by atoms with Crippen molar-refractivity contribution >= 4 is 0 Å². The summed E-state index contributed by atoms with van der Waals surface area (Å²) in [7, 11) is 2.14. The number of likely N-dealkylation sites (tertiary alicyclic amines) is 1. The van der Waals surface area contributed by atoms with Crippen molar-refractivity contribution in [3.05, 3.63) is 29.6 Å². The molecule has 0 radical (unpaired) electrons. The highest BCUT2D eigenvalue weighted by molar-refractivity contribution is 5.32. The maximum atomic E-state index is 13.7. The Labute approximate surface area is 129 Å². The molecule has 0 atom stereocenters. The lowest BCUT2D eigenvalue weighted by atomic mass is 9.98. The topological polar surface area (TPSA) is 12.5 Å². The van der Waals surface area contributed by atoms with Gasteiger partial charge in [-0.3, -0.25) is 0 Å². The Bertz CT molecular complexity index is 412. The van der Waals surface area contributed by atoms with E-state index in [4.69, 9.17) is 4.74 Å². The molecule has 2 nitrogen and oxygen atoms in total. The predicted molar refractivity (Wildman–Crippen MR) is 87.6 cm³/mol. The quantitative estimate of drug-likeness (QED) is 0.798. The minimum absolute atomic E-state index is 0.252. The molecule has 0 bridgehead atoms. The lowest BCUT2D eigenvalue weighted by Crippen LogP contribution is -2.32. The molecule has 2 rings (SSSR count). The molecular weight excluding hydrogens is 265 g/mol.